The molecule has 0 radical (unpaired) electrons. The molecule has 0 bridgehead atoms. The summed E-state index contributed by atoms with van der Waals surface area (Å²) in [6.07, 6.45) is 3.96. The van der Waals surface area contributed by atoms with Crippen LogP contribution in [0.3, 0.4) is 0 Å². The molecular formula is C18H22N4O3. The van der Waals surface area contributed by atoms with Crippen LogP contribution >= 0.6 is 0 Å². The first kappa shape index (κ1) is 17.0. The molecule has 7 heteroatoms. The van der Waals surface area contributed by atoms with Crippen LogP contribution in [0.4, 0.5) is 10.5 Å². The first-order chi connectivity index (χ1) is 12.1. The van der Waals surface area contributed by atoms with Crippen molar-refractivity contribution < 1.29 is 14.3 Å². The Morgan fingerprint density at radius 3 is 2.68 bits per heavy atom. The molecule has 7 nitrogen and oxygen atoms in total. The molecule has 2 heterocycles. The molecule has 1 atom stereocenters. The third kappa shape index (κ3) is 4.17. The third-order valence-corrected chi connectivity index (χ3v) is 4.12. The zero-order valence-electron chi connectivity index (χ0n) is 14.6. The van der Waals surface area contributed by atoms with Gasteiger partial charge in [-0.05, 0) is 49.4 Å². The van der Waals surface area contributed by atoms with Crippen molar-refractivity contribution in [2.75, 3.05) is 19.5 Å². The van der Waals surface area contributed by atoms with E-state index in [1.807, 2.05) is 19.1 Å². The molecule has 2 aromatic rings. The van der Waals surface area contributed by atoms with Gasteiger partial charge in [-0.2, -0.15) is 4.98 Å². The second-order valence-electron chi connectivity index (χ2n) is 6.08. The van der Waals surface area contributed by atoms with Crippen molar-refractivity contribution in [3.05, 3.63) is 41.7 Å². The lowest BCUT2D eigenvalue weighted by molar-refractivity contribution is 0.246. The van der Waals surface area contributed by atoms with Gasteiger partial charge in [0.25, 0.3) is 0 Å². The number of urea groups is 1. The SMILES string of the molecule is COc1ccc(NC(=O)NC(c2cc(C)ccn2)C2CC2)c(OC)n1. The van der Waals surface area contributed by atoms with Crippen LogP contribution in [0.2, 0.25) is 0 Å². The van der Waals surface area contributed by atoms with E-state index in [9.17, 15) is 4.79 Å². The molecule has 0 spiro atoms. The van der Waals surface area contributed by atoms with Gasteiger partial charge in [-0.3, -0.25) is 4.98 Å². The smallest absolute Gasteiger partial charge is 0.319 e. The van der Waals surface area contributed by atoms with Crippen LogP contribution in [0, 0.1) is 12.8 Å². The van der Waals surface area contributed by atoms with E-state index in [2.05, 4.69) is 20.6 Å². The maximum absolute atomic E-state index is 12.5. The first-order valence-electron chi connectivity index (χ1n) is 8.20. The fourth-order valence-electron chi connectivity index (χ4n) is 2.68. The van der Waals surface area contributed by atoms with Crippen molar-refractivity contribution >= 4 is 11.7 Å². The van der Waals surface area contributed by atoms with Crippen LogP contribution in [-0.2, 0) is 0 Å². The summed E-state index contributed by atoms with van der Waals surface area (Å²) in [5.41, 5.74) is 2.49. The minimum Gasteiger partial charge on any atom is -0.481 e. The topological polar surface area (TPSA) is 85.4 Å². The van der Waals surface area contributed by atoms with E-state index in [1.54, 1.807) is 18.3 Å². The summed E-state index contributed by atoms with van der Waals surface area (Å²) >= 11 is 0. The van der Waals surface area contributed by atoms with Crippen LogP contribution < -0.4 is 20.1 Å². The van der Waals surface area contributed by atoms with E-state index in [-0.39, 0.29) is 12.1 Å². The van der Waals surface area contributed by atoms with Gasteiger partial charge in [-0.15, -0.1) is 0 Å². The van der Waals surface area contributed by atoms with Crippen LogP contribution in [0.25, 0.3) is 0 Å². The number of pyridine rings is 2. The predicted molar refractivity (Wildman–Crippen MR) is 93.9 cm³/mol. The molecule has 2 amide bonds. The van der Waals surface area contributed by atoms with Crippen molar-refractivity contribution in [2.45, 2.75) is 25.8 Å². The maximum Gasteiger partial charge on any atom is 0.319 e. The summed E-state index contributed by atoms with van der Waals surface area (Å²) in [5.74, 6) is 1.14. The summed E-state index contributed by atoms with van der Waals surface area (Å²) in [5, 5.41) is 5.81. The van der Waals surface area contributed by atoms with Gasteiger partial charge in [0.1, 0.15) is 5.69 Å². The summed E-state index contributed by atoms with van der Waals surface area (Å²) in [6, 6.07) is 6.91. The number of methoxy groups -OCH3 is 2. The number of aromatic nitrogens is 2. The van der Waals surface area contributed by atoms with Gasteiger partial charge in [0.05, 0.1) is 26.0 Å². The second kappa shape index (κ2) is 7.38. The molecule has 2 N–H and O–H groups in total. The maximum atomic E-state index is 12.5. The van der Waals surface area contributed by atoms with E-state index in [0.29, 0.717) is 23.4 Å². The zero-order chi connectivity index (χ0) is 17.8. The number of anilines is 1. The number of ether oxygens (including phenoxy) is 2. The third-order valence-electron chi connectivity index (χ3n) is 4.12. The Bertz CT molecular complexity index is 762. The fraction of sp³-hybridized carbons (Fsp3) is 0.389. The Morgan fingerprint density at radius 1 is 1.24 bits per heavy atom. The molecular weight excluding hydrogens is 320 g/mol. The molecule has 0 aromatic carbocycles. The van der Waals surface area contributed by atoms with Crippen LogP contribution in [-0.4, -0.2) is 30.2 Å². The minimum atomic E-state index is -0.314. The van der Waals surface area contributed by atoms with E-state index in [1.165, 1.54) is 14.2 Å². The molecule has 1 aliphatic carbocycles. The standard InChI is InChI=1S/C18H22N4O3/c1-11-8-9-19-14(10-11)16(12-4-5-12)22-18(23)20-13-6-7-15(24-2)21-17(13)25-3/h6-10,12,16H,4-5H2,1-3H3,(H2,20,22,23). The van der Waals surface area contributed by atoms with E-state index < -0.39 is 0 Å². The average molecular weight is 342 g/mol. The molecule has 132 valence electrons. The Kier molecular flexibility index (Phi) is 5.02. The number of carbonyl (C=O) groups excluding carboxylic acids is 1. The highest BCUT2D eigenvalue weighted by Gasteiger charge is 2.34. The lowest BCUT2D eigenvalue weighted by Gasteiger charge is -2.19. The Balaban J connectivity index is 1.72. The monoisotopic (exact) mass is 342 g/mol. The minimum absolute atomic E-state index is 0.0999. The Hall–Kier alpha value is -2.83. The average Bonchev–Trinajstić information content (AvgIpc) is 3.45. The molecule has 1 unspecified atom stereocenters. The van der Waals surface area contributed by atoms with Crippen molar-refractivity contribution in [3.8, 4) is 11.8 Å². The number of nitrogens with one attached hydrogen (secondary N) is 2. The fourth-order valence-corrected chi connectivity index (χ4v) is 2.68. The summed E-state index contributed by atoms with van der Waals surface area (Å²) in [7, 11) is 3.02. The van der Waals surface area contributed by atoms with Crippen LogP contribution in [0.1, 0.15) is 30.1 Å². The highest BCUT2D eigenvalue weighted by atomic mass is 16.5. The van der Waals surface area contributed by atoms with Crippen molar-refractivity contribution in [3.63, 3.8) is 0 Å². The molecule has 1 fully saturated rings. The quantitative estimate of drug-likeness (QED) is 0.843. The number of nitrogens with zero attached hydrogens (tertiary/aromatic N) is 2. The highest BCUT2D eigenvalue weighted by molar-refractivity contribution is 5.90. The second-order valence-corrected chi connectivity index (χ2v) is 6.08. The molecule has 2 aromatic heterocycles. The van der Waals surface area contributed by atoms with Gasteiger partial charge in [0.2, 0.25) is 11.8 Å². The number of amides is 2. The van der Waals surface area contributed by atoms with Crippen molar-refractivity contribution in [1.82, 2.24) is 15.3 Å². The van der Waals surface area contributed by atoms with Gasteiger partial charge < -0.3 is 20.1 Å². The van der Waals surface area contributed by atoms with E-state index in [0.717, 1.165) is 24.1 Å². The molecule has 3 rings (SSSR count). The number of hydrogen-bond donors (Lipinski definition) is 2. The van der Waals surface area contributed by atoms with Gasteiger partial charge in [-0.25, -0.2) is 4.79 Å². The number of aryl methyl sites for hydroxylation is 1. The van der Waals surface area contributed by atoms with Crippen molar-refractivity contribution in [1.29, 1.82) is 0 Å². The Labute approximate surface area is 146 Å². The molecule has 0 aliphatic heterocycles. The van der Waals surface area contributed by atoms with Gasteiger partial charge in [-0.1, -0.05) is 0 Å². The number of rotatable bonds is 6. The number of hydrogen-bond acceptors (Lipinski definition) is 5. The molecule has 1 aliphatic rings. The van der Waals surface area contributed by atoms with E-state index >= 15 is 0 Å². The summed E-state index contributed by atoms with van der Waals surface area (Å²) < 4.78 is 10.3. The first-order valence-corrected chi connectivity index (χ1v) is 8.20. The summed E-state index contributed by atoms with van der Waals surface area (Å²) in [4.78, 5) is 21.1. The normalized spacial score (nSPS) is 14.5. The van der Waals surface area contributed by atoms with E-state index in [4.69, 9.17) is 9.47 Å². The molecule has 1 saturated carbocycles. The van der Waals surface area contributed by atoms with Crippen LogP contribution in [0.5, 0.6) is 11.8 Å². The number of carbonyl (C=O) groups is 1. The Morgan fingerprint density at radius 2 is 2.04 bits per heavy atom. The van der Waals surface area contributed by atoms with Gasteiger partial charge in [0.15, 0.2) is 0 Å². The molecule has 25 heavy (non-hydrogen) atoms. The van der Waals surface area contributed by atoms with Crippen LogP contribution in [0.15, 0.2) is 30.5 Å². The van der Waals surface area contributed by atoms with Crippen molar-refractivity contribution in [2.24, 2.45) is 5.92 Å². The lowest BCUT2D eigenvalue weighted by atomic mass is 10.1. The highest BCUT2D eigenvalue weighted by Crippen LogP contribution is 2.40. The summed E-state index contributed by atoms with van der Waals surface area (Å²) in [6.45, 7) is 2.02. The van der Waals surface area contributed by atoms with Gasteiger partial charge >= 0.3 is 6.03 Å². The molecule has 0 saturated heterocycles. The van der Waals surface area contributed by atoms with Gasteiger partial charge in [0, 0.05) is 12.3 Å². The largest absolute Gasteiger partial charge is 0.481 e. The zero-order valence-corrected chi connectivity index (χ0v) is 14.6. The lowest BCUT2D eigenvalue weighted by Crippen LogP contribution is -2.34. The predicted octanol–water partition coefficient (Wildman–Crippen LogP) is 3.08.